The lowest BCUT2D eigenvalue weighted by atomic mass is 10.0. The Kier molecular flexibility index (Phi) is 1.64. The van der Waals surface area contributed by atoms with Gasteiger partial charge in [0.1, 0.15) is 0 Å². The second-order valence-corrected chi connectivity index (χ2v) is 3.76. The minimum Gasteiger partial charge on any atom is -0.235 e. The zero-order chi connectivity index (χ0) is 9.54. The molecule has 0 spiro atoms. The Morgan fingerprint density at radius 2 is 2.21 bits per heavy atom. The summed E-state index contributed by atoms with van der Waals surface area (Å²) >= 11 is 4.32. The van der Waals surface area contributed by atoms with Crippen LogP contribution in [0.3, 0.4) is 0 Å². The van der Waals surface area contributed by atoms with Crippen LogP contribution in [0.1, 0.15) is 18.0 Å². The van der Waals surface area contributed by atoms with Gasteiger partial charge < -0.3 is 0 Å². The highest BCUT2D eigenvalue weighted by molar-refractivity contribution is 7.96. The summed E-state index contributed by atoms with van der Waals surface area (Å²) in [5.41, 5.74) is 2.26. The molecule has 4 heteroatoms. The molecule has 2 aliphatic rings. The number of hydrogen-bond acceptors (Lipinski definition) is 3. The highest BCUT2D eigenvalue weighted by atomic mass is 32.1. The monoisotopic (exact) mass is 203 g/mol. The van der Waals surface area contributed by atoms with Gasteiger partial charge in [-0.1, -0.05) is 18.2 Å². The third-order valence-electron chi connectivity index (χ3n) is 2.55. The van der Waals surface area contributed by atoms with Gasteiger partial charge in [0.25, 0.3) is 0 Å². The molecule has 1 atom stereocenters. The summed E-state index contributed by atoms with van der Waals surface area (Å²) in [6.07, 6.45) is 2.86. The van der Waals surface area contributed by atoms with Crippen molar-refractivity contribution in [2.75, 3.05) is 0 Å². The van der Waals surface area contributed by atoms with E-state index in [1.807, 2.05) is 29.4 Å². The van der Waals surface area contributed by atoms with Crippen molar-refractivity contribution >= 4 is 29.7 Å². The van der Waals surface area contributed by atoms with Crippen LogP contribution in [-0.4, -0.2) is 16.4 Å². The van der Waals surface area contributed by atoms with E-state index in [0.29, 0.717) is 11.2 Å². The number of para-hydroxylation sites is 1. The number of nitrogens with zero attached hydrogens (tertiary/aromatic N) is 3. The Morgan fingerprint density at radius 3 is 3.14 bits per heavy atom. The topological polar surface area (TPSA) is 28.0 Å². The van der Waals surface area contributed by atoms with Crippen LogP contribution in [0.25, 0.3) is 0 Å². The van der Waals surface area contributed by atoms with Crippen LogP contribution >= 0.6 is 12.6 Å². The molecule has 14 heavy (non-hydrogen) atoms. The minimum atomic E-state index is 0.302. The third kappa shape index (κ3) is 1.00. The highest BCUT2D eigenvalue weighted by Gasteiger charge is 2.30. The molecule has 0 saturated carbocycles. The molecule has 0 aliphatic carbocycles. The molecule has 70 valence electrons. The fraction of sp³-hybridized carbons (Fsp3) is 0.200. The number of hydrazone groups is 1. The second-order valence-electron chi connectivity index (χ2n) is 3.36. The molecular formula is C10H9N3S. The van der Waals surface area contributed by atoms with Crippen molar-refractivity contribution in [2.45, 2.75) is 12.5 Å². The number of thiol groups is 1. The van der Waals surface area contributed by atoms with Crippen molar-refractivity contribution < 1.29 is 0 Å². The van der Waals surface area contributed by atoms with E-state index in [9.17, 15) is 0 Å². The standard InChI is InChI=1S/C10H9N3S/c14-10-12-8-4-2-1-3-7(8)9-5-6-11-13(9)10/h1-4,6,9H,5H2,(H,12,14). The summed E-state index contributed by atoms with van der Waals surface area (Å²) in [6.45, 7) is 0. The van der Waals surface area contributed by atoms with Gasteiger partial charge in [-0.25, -0.2) is 10.0 Å². The van der Waals surface area contributed by atoms with Crippen LogP contribution in [0.5, 0.6) is 0 Å². The van der Waals surface area contributed by atoms with Gasteiger partial charge in [0.05, 0.1) is 11.7 Å². The van der Waals surface area contributed by atoms with E-state index < -0.39 is 0 Å². The van der Waals surface area contributed by atoms with Crippen LogP contribution in [0.15, 0.2) is 34.4 Å². The van der Waals surface area contributed by atoms with E-state index in [1.165, 1.54) is 5.56 Å². The van der Waals surface area contributed by atoms with Gasteiger partial charge >= 0.3 is 0 Å². The van der Waals surface area contributed by atoms with E-state index in [4.69, 9.17) is 0 Å². The van der Waals surface area contributed by atoms with Crippen molar-refractivity contribution in [1.29, 1.82) is 0 Å². The highest BCUT2D eigenvalue weighted by Crippen LogP contribution is 2.39. The smallest absolute Gasteiger partial charge is 0.182 e. The molecule has 2 aliphatic heterocycles. The van der Waals surface area contributed by atoms with Crippen LogP contribution in [0.4, 0.5) is 5.69 Å². The Bertz CT molecular complexity index is 439. The average molecular weight is 203 g/mol. The molecule has 1 aromatic carbocycles. The summed E-state index contributed by atoms with van der Waals surface area (Å²) in [5.74, 6) is 0. The van der Waals surface area contributed by atoms with Crippen LogP contribution in [0.2, 0.25) is 0 Å². The van der Waals surface area contributed by atoms with Gasteiger partial charge in [0.15, 0.2) is 5.17 Å². The third-order valence-corrected chi connectivity index (χ3v) is 2.86. The van der Waals surface area contributed by atoms with Gasteiger partial charge in [-0.3, -0.25) is 0 Å². The fourth-order valence-corrected chi connectivity index (χ4v) is 2.19. The van der Waals surface area contributed by atoms with E-state index >= 15 is 0 Å². The van der Waals surface area contributed by atoms with Crippen LogP contribution < -0.4 is 0 Å². The number of amidine groups is 1. The minimum absolute atomic E-state index is 0.302. The van der Waals surface area contributed by atoms with E-state index in [1.54, 1.807) is 0 Å². The number of benzene rings is 1. The van der Waals surface area contributed by atoms with Crippen molar-refractivity contribution in [1.82, 2.24) is 5.01 Å². The normalized spacial score (nSPS) is 23.1. The summed E-state index contributed by atoms with van der Waals surface area (Å²) in [7, 11) is 0. The molecule has 0 saturated heterocycles. The Hall–Kier alpha value is -1.29. The molecular weight excluding hydrogens is 194 g/mol. The van der Waals surface area contributed by atoms with Gasteiger partial charge in [0, 0.05) is 18.2 Å². The number of rotatable bonds is 0. The Balaban J connectivity index is 2.19. The van der Waals surface area contributed by atoms with Crippen LogP contribution in [-0.2, 0) is 0 Å². The molecule has 0 aromatic heterocycles. The molecule has 1 unspecified atom stereocenters. The molecule has 0 bridgehead atoms. The first kappa shape index (κ1) is 8.05. The van der Waals surface area contributed by atoms with E-state index in [0.717, 1.165) is 12.1 Å². The van der Waals surface area contributed by atoms with Gasteiger partial charge in [-0.15, -0.1) is 12.6 Å². The first-order valence-corrected chi connectivity index (χ1v) is 4.99. The molecule has 3 nitrogen and oxygen atoms in total. The maximum absolute atomic E-state index is 4.38. The lowest BCUT2D eigenvalue weighted by molar-refractivity contribution is 0.372. The molecule has 1 aromatic rings. The fourth-order valence-electron chi connectivity index (χ4n) is 1.90. The zero-order valence-corrected chi connectivity index (χ0v) is 8.35. The van der Waals surface area contributed by atoms with Crippen molar-refractivity contribution in [3.63, 3.8) is 0 Å². The van der Waals surface area contributed by atoms with Gasteiger partial charge in [-0.2, -0.15) is 5.10 Å². The van der Waals surface area contributed by atoms with E-state index in [2.05, 4.69) is 28.8 Å². The number of fused-ring (bicyclic) bond motifs is 3. The first-order valence-electron chi connectivity index (χ1n) is 4.54. The molecule has 0 fully saturated rings. The van der Waals surface area contributed by atoms with Crippen molar-refractivity contribution in [2.24, 2.45) is 10.1 Å². The predicted octanol–water partition coefficient (Wildman–Crippen LogP) is 2.35. The van der Waals surface area contributed by atoms with E-state index in [-0.39, 0.29) is 0 Å². The number of aliphatic imine (C=N–C) groups is 1. The maximum Gasteiger partial charge on any atom is 0.182 e. The van der Waals surface area contributed by atoms with Gasteiger partial charge in [-0.05, 0) is 6.07 Å². The molecule has 0 radical (unpaired) electrons. The molecule has 2 heterocycles. The van der Waals surface area contributed by atoms with Crippen molar-refractivity contribution in [3.05, 3.63) is 29.8 Å². The summed E-state index contributed by atoms with van der Waals surface area (Å²) in [4.78, 5) is 4.38. The summed E-state index contributed by atoms with van der Waals surface area (Å²) < 4.78 is 0. The maximum atomic E-state index is 4.38. The Labute approximate surface area is 87.6 Å². The zero-order valence-electron chi connectivity index (χ0n) is 7.46. The van der Waals surface area contributed by atoms with Gasteiger partial charge in [0.2, 0.25) is 0 Å². The lowest BCUT2D eigenvalue weighted by Gasteiger charge is -2.27. The summed E-state index contributed by atoms with van der Waals surface area (Å²) in [6, 6.07) is 8.45. The predicted molar refractivity (Wildman–Crippen MR) is 60.2 cm³/mol. The molecule has 3 rings (SSSR count). The number of hydrogen-bond donors (Lipinski definition) is 1. The second kappa shape index (κ2) is 2.85. The SMILES string of the molecule is SC1=Nc2ccccc2C2CC=NN12. The largest absolute Gasteiger partial charge is 0.235 e. The molecule has 0 N–H and O–H groups in total. The average Bonchev–Trinajstić information content (AvgIpc) is 2.67. The Morgan fingerprint density at radius 1 is 1.36 bits per heavy atom. The van der Waals surface area contributed by atoms with Crippen molar-refractivity contribution in [3.8, 4) is 0 Å². The first-order chi connectivity index (χ1) is 6.86. The summed E-state index contributed by atoms with van der Waals surface area (Å²) in [5, 5.41) is 6.79. The lowest BCUT2D eigenvalue weighted by Crippen LogP contribution is -2.26. The molecule has 0 amide bonds. The van der Waals surface area contributed by atoms with Crippen LogP contribution in [0, 0.1) is 0 Å². The quantitative estimate of drug-likeness (QED) is 0.644.